The van der Waals surface area contributed by atoms with Crippen molar-refractivity contribution in [2.75, 3.05) is 13.6 Å². The number of carbonyl (C=O) groups is 1. The van der Waals surface area contributed by atoms with Gasteiger partial charge >= 0.3 is 0 Å². The number of halogens is 2. The van der Waals surface area contributed by atoms with Gasteiger partial charge in [-0.25, -0.2) is 0 Å². The number of aryl methyl sites for hydroxylation is 2. The topological polar surface area (TPSA) is 75.4 Å². The summed E-state index contributed by atoms with van der Waals surface area (Å²) >= 11 is 12.8. The summed E-state index contributed by atoms with van der Waals surface area (Å²) in [4.78, 5) is 26.4. The molecular formula is C23H19Cl2N3O3. The van der Waals surface area contributed by atoms with Crippen LogP contribution in [0.15, 0.2) is 47.4 Å². The quantitative estimate of drug-likeness (QED) is 0.605. The molecule has 1 aliphatic heterocycles. The van der Waals surface area contributed by atoms with Crippen LogP contribution < -0.4 is 5.43 Å². The Hall–Kier alpha value is -2.83. The minimum Gasteiger partial charge on any atom is -0.502 e. The molecule has 0 unspecified atom stereocenters. The lowest BCUT2D eigenvalue weighted by Gasteiger charge is -2.38. The number of benzene rings is 2. The average Bonchev–Trinajstić information content (AvgIpc) is 2.89. The summed E-state index contributed by atoms with van der Waals surface area (Å²) in [5.74, 6) is -1.25. The Bertz CT molecular complexity index is 1230. The molecule has 158 valence electrons. The van der Waals surface area contributed by atoms with E-state index in [0.29, 0.717) is 16.6 Å². The first kappa shape index (κ1) is 20.1. The zero-order valence-electron chi connectivity index (χ0n) is 16.7. The van der Waals surface area contributed by atoms with Crippen molar-refractivity contribution >= 4 is 29.1 Å². The van der Waals surface area contributed by atoms with Crippen LogP contribution in [0, 0.1) is 0 Å². The molecule has 2 aromatic carbocycles. The van der Waals surface area contributed by atoms with Crippen LogP contribution in [0.2, 0.25) is 10.0 Å². The van der Waals surface area contributed by atoms with E-state index in [1.54, 1.807) is 7.05 Å². The number of aromatic hydroxyl groups is 1. The Morgan fingerprint density at radius 2 is 1.58 bits per heavy atom. The molecule has 0 saturated heterocycles. The predicted octanol–water partition coefficient (Wildman–Crippen LogP) is 3.81. The van der Waals surface area contributed by atoms with Gasteiger partial charge in [-0.3, -0.25) is 14.3 Å². The van der Waals surface area contributed by atoms with Gasteiger partial charge in [-0.15, -0.1) is 0 Å². The fourth-order valence-corrected chi connectivity index (χ4v) is 5.16. The van der Waals surface area contributed by atoms with Gasteiger partial charge in [0.05, 0.1) is 12.2 Å². The van der Waals surface area contributed by atoms with E-state index >= 15 is 0 Å². The summed E-state index contributed by atoms with van der Waals surface area (Å²) < 4.78 is 1.49. The standard InChI is InChI=1S/C23H19Cl2N3O3/c1-27-11-18(28-21(23(27)31)22(30)19(29)10-26-28)20-16-8-14(24)6-4-12(16)2-3-13-5-7-15(25)9-17(13)20/h4-10,18,20,30H,2-3,11H2,1H3/t18-/m0/s1. The van der Waals surface area contributed by atoms with Gasteiger partial charge in [0.15, 0.2) is 11.4 Å². The molecule has 0 spiro atoms. The Kier molecular flexibility index (Phi) is 4.79. The molecule has 3 aromatic rings. The number of carbonyl (C=O) groups excluding carboxylic acids is 1. The van der Waals surface area contributed by atoms with Crippen LogP contribution in [0.5, 0.6) is 5.75 Å². The lowest BCUT2D eigenvalue weighted by Crippen LogP contribution is -2.45. The molecule has 1 aromatic heterocycles. The normalized spacial score (nSPS) is 18.2. The monoisotopic (exact) mass is 455 g/mol. The third-order valence-corrected chi connectivity index (χ3v) is 6.72. The van der Waals surface area contributed by atoms with Gasteiger partial charge in [0.1, 0.15) is 0 Å². The maximum absolute atomic E-state index is 12.8. The van der Waals surface area contributed by atoms with E-state index in [1.807, 2.05) is 36.4 Å². The van der Waals surface area contributed by atoms with Crippen molar-refractivity contribution in [2.45, 2.75) is 24.8 Å². The van der Waals surface area contributed by atoms with Gasteiger partial charge in [0.25, 0.3) is 5.91 Å². The first-order valence-electron chi connectivity index (χ1n) is 9.98. The first-order chi connectivity index (χ1) is 14.8. The molecule has 1 atom stereocenters. The van der Waals surface area contributed by atoms with E-state index in [-0.39, 0.29) is 17.7 Å². The number of aromatic nitrogens is 2. The van der Waals surface area contributed by atoms with Gasteiger partial charge in [0.2, 0.25) is 5.43 Å². The molecule has 1 aliphatic carbocycles. The van der Waals surface area contributed by atoms with Crippen molar-refractivity contribution in [3.8, 4) is 5.75 Å². The molecule has 2 heterocycles. The molecule has 1 N–H and O–H groups in total. The van der Waals surface area contributed by atoms with Gasteiger partial charge in [-0.1, -0.05) is 35.3 Å². The fourth-order valence-electron chi connectivity index (χ4n) is 4.80. The highest BCUT2D eigenvalue weighted by Crippen LogP contribution is 2.44. The van der Waals surface area contributed by atoms with E-state index in [4.69, 9.17) is 23.2 Å². The van der Waals surface area contributed by atoms with Crippen LogP contribution in [0.25, 0.3) is 0 Å². The van der Waals surface area contributed by atoms with Crippen LogP contribution >= 0.6 is 23.2 Å². The molecular weight excluding hydrogens is 437 g/mol. The maximum Gasteiger partial charge on any atom is 0.275 e. The molecule has 2 aliphatic rings. The van der Waals surface area contributed by atoms with Crippen LogP contribution in [-0.2, 0) is 12.8 Å². The first-order valence-corrected chi connectivity index (χ1v) is 10.7. The third-order valence-electron chi connectivity index (χ3n) is 6.24. The molecule has 0 fully saturated rings. The number of rotatable bonds is 1. The van der Waals surface area contributed by atoms with Gasteiger partial charge < -0.3 is 10.0 Å². The molecule has 8 heteroatoms. The number of hydrogen-bond donors (Lipinski definition) is 1. The largest absolute Gasteiger partial charge is 0.502 e. The Morgan fingerprint density at radius 1 is 1.00 bits per heavy atom. The lowest BCUT2D eigenvalue weighted by molar-refractivity contribution is 0.0686. The summed E-state index contributed by atoms with van der Waals surface area (Å²) in [6, 6.07) is 11.4. The maximum atomic E-state index is 12.8. The van der Waals surface area contributed by atoms with Gasteiger partial charge in [-0.05, 0) is 59.4 Å². The molecule has 5 rings (SSSR count). The van der Waals surface area contributed by atoms with E-state index in [9.17, 15) is 14.7 Å². The van der Waals surface area contributed by atoms with Crippen LogP contribution in [-0.4, -0.2) is 39.3 Å². The van der Waals surface area contributed by atoms with E-state index < -0.39 is 17.1 Å². The van der Waals surface area contributed by atoms with E-state index in [1.165, 1.54) is 9.58 Å². The second-order valence-corrected chi connectivity index (χ2v) is 8.94. The second-order valence-electron chi connectivity index (χ2n) is 8.07. The molecule has 6 nitrogen and oxygen atoms in total. The zero-order valence-corrected chi connectivity index (χ0v) is 18.2. The Balaban J connectivity index is 1.81. The number of amides is 1. The van der Waals surface area contributed by atoms with Crippen molar-refractivity contribution in [2.24, 2.45) is 0 Å². The summed E-state index contributed by atoms with van der Waals surface area (Å²) in [5.41, 5.74) is 3.62. The number of nitrogens with zero attached hydrogens (tertiary/aromatic N) is 3. The summed E-state index contributed by atoms with van der Waals surface area (Å²) in [6.45, 7) is 0.351. The van der Waals surface area contributed by atoms with Crippen molar-refractivity contribution in [3.63, 3.8) is 0 Å². The van der Waals surface area contributed by atoms with Crippen LogP contribution in [0.4, 0.5) is 0 Å². The minimum atomic E-state index is -0.679. The zero-order chi connectivity index (χ0) is 21.9. The second kappa shape index (κ2) is 7.39. The summed E-state index contributed by atoms with van der Waals surface area (Å²) in [6.07, 6.45) is 2.74. The molecule has 0 radical (unpaired) electrons. The van der Waals surface area contributed by atoms with Crippen molar-refractivity contribution in [3.05, 3.63) is 90.8 Å². The van der Waals surface area contributed by atoms with Crippen molar-refractivity contribution in [1.82, 2.24) is 14.7 Å². The van der Waals surface area contributed by atoms with Crippen molar-refractivity contribution < 1.29 is 9.90 Å². The van der Waals surface area contributed by atoms with Crippen LogP contribution in [0.3, 0.4) is 0 Å². The third kappa shape index (κ3) is 3.22. The van der Waals surface area contributed by atoms with E-state index in [0.717, 1.165) is 41.3 Å². The van der Waals surface area contributed by atoms with E-state index in [2.05, 4.69) is 5.10 Å². The van der Waals surface area contributed by atoms with Gasteiger partial charge in [-0.2, -0.15) is 5.10 Å². The highest BCUT2D eigenvalue weighted by molar-refractivity contribution is 6.31. The predicted molar refractivity (Wildman–Crippen MR) is 118 cm³/mol. The smallest absolute Gasteiger partial charge is 0.275 e. The Labute approximate surface area is 188 Å². The molecule has 0 saturated carbocycles. The summed E-state index contributed by atoms with van der Waals surface area (Å²) in [7, 11) is 1.66. The highest BCUT2D eigenvalue weighted by Gasteiger charge is 2.40. The highest BCUT2D eigenvalue weighted by atomic mass is 35.5. The van der Waals surface area contributed by atoms with Crippen molar-refractivity contribution in [1.29, 1.82) is 0 Å². The molecule has 1 amide bonds. The summed E-state index contributed by atoms with van der Waals surface area (Å²) in [5, 5.41) is 15.9. The lowest BCUT2D eigenvalue weighted by atomic mass is 9.81. The molecule has 31 heavy (non-hydrogen) atoms. The van der Waals surface area contributed by atoms with Crippen LogP contribution in [0.1, 0.15) is 44.7 Å². The van der Waals surface area contributed by atoms with Gasteiger partial charge in [0, 0.05) is 29.6 Å². The average molecular weight is 456 g/mol. The molecule has 0 bridgehead atoms. The number of fused-ring (bicyclic) bond motifs is 3. The number of hydrogen-bond acceptors (Lipinski definition) is 4. The fraction of sp³-hybridized carbons (Fsp3) is 0.261. The Morgan fingerprint density at radius 3 is 2.16 bits per heavy atom. The minimum absolute atomic E-state index is 0.0948. The SMILES string of the molecule is CN1C[C@@H](C2c3cc(Cl)ccc3CCc3ccc(Cl)cc32)n2ncc(=O)c(O)c2C1=O. The number of likely N-dealkylation sites (N-methyl/N-ethyl adjacent to an activating group) is 1.